The first-order valence-corrected chi connectivity index (χ1v) is 2.99. The van der Waals surface area contributed by atoms with Gasteiger partial charge >= 0.3 is 0 Å². The zero-order valence-electron chi connectivity index (χ0n) is 6.23. The molecule has 2 heteroatoms. The van der Waals surface area contributed by atoms with E-state index in [9.17, 15) is 0 Å². The summed E-state index contributed by atoms with van der Waals surface area (Å²) in [5, 5.41) is 3.11. The summed E-state index contributed by atoms with van der Waals surface area (Å²) >= 11 is 0. The van der Waals surface area contributed by atoms with E-state index in [0.717, 1.165) is 6.54 Å². The van der Waals surface area contributed by atoms with Gasteiger partial charge in [0.05, 0.1) is 0 Å². The largest absolute Gasteiger partial charge is 0.318 e. The lowest BCUT2D eigenvalue weighted by atomic mass is 10.3. The standard InChI is InChI=1S/C6H16N2/c1-6(5-7-2)8(3)4/h6-7H,5H2,1-4H3/t6-/m0/s1. The average Bonchev–Trinajstić information content (AvgIpc) is 1.67. The lowest BCUT2D eigenvalue weighted by molar-refractivity contribution is 0.308. The maximum Gasteiger partial charge on any atom is 0.0186 e. The SMILES string of the molecule is CNC[C@H](C)N(C)C. The molecule has 0 aliphatic rings. The van der Waals surface area contributed by atoms with Crippen molar-refractivity contribution >= 4 is 0 Å². The summed E-state index contributed by atoms with van der Waals surface area (Å²) in [7, 11) is 6.14. The van der Waals surface area contributed by atoms with Gasteiger partial charge in [-0.05, 0) is 28.1 Å². The molecule has 0 unspecified atom stereocenters. The summed E-state index contributed by atoms with van der Waals surface area (Å²) in [4.78, 5) is 2.19. The fraction of sp³-hybridized carbons (Fsp3) is 1.00. The Morgan fingerprint density at radius 2 is 2.00 bits per heavy atom. The minimum atomic E-state index is 0.639. The van der Waals surface area contributed by atoms with E-state index in [0.29, 0.717) is 6.04 Å². The van der Waals surface area contributed by atoms with E-state index < -0.39 is 0 Å². The monoisotopic (exact) mass is 116 g/mol. The van der Waals surface area contributed by atoms with Crippen LogP contribution in [0.25, 0.3) is 0 Å². The van der Waals surface area contributed by atoms with Gasteiger partial charge in [0.1, 0.15) is 0 Å². The lowest BCUT2D eigenvalue weighted by Gasteiger charge is -2.18. The number of nitrogens with zero attached hydrogens (tertiary/aromatic N) is 1. The molecule has 0 bridgehead atoms. The van der Waals surface area contributed by atoms with Gasteiger partial charge in [0.25, 0.3) is 0 Å². The van der Waals surface area contributed by atoms with Gasteiger partial charge in [0.2, 0.25) is 0 Å². The van der Waals surface area contributed by atoms with Crippen LogP contribution in [0, 0.1) is 0 Å². The zero-order chi connectivity index (χ0) is 6.57. The van der Waals surface area contributed by atoms with Crippen molar-refractivity contribution in [2.45, 2.75) is 13.0 Å². The molecule has 0 aromatic carbocycles. The highest BCUT2D eigenvalue weighted by Gasteiger charge is 1.99. The highest BCUT2D eigenvalue weighted by molar-refractivity contribution is 4.59. The summed E-state index contributed by atoms with van der Waals surface area (Å²) < 4.78 is 0. The van der Waals surface area contributed by atoms with Crippen LogP contribution in [-0.2, 0) is 0 Å². The Hall–Kier alpha value is -0.0800. The molecule has 8 heavy (non-hydrogen) atoms. The van der Waals surface area contributed by atoms with E-state index in [1.807, 2.05) is 7.05 Å². The van der Waals surface area contributed by atoms with Crippen molar-refractivity contribution in [1.82, 2.24) is 10.2 Å². The Kier molecular flexibility index (Phi) is 3.83. The quantitative estimate of drug-likeness (QED) is 0.565. The molecule has 0 heterocycles. The fourth-order valence-corrected chi connectivity index (χ4v) is 0.478. The molecule has 1 N–H and O–H groups in total. The number of hydrogen-bond acceptors (Lipinski definition) is 2. The van der Waals surface area contributed by atoms with Crippen LogP contribution in [0.4, 0.5) is 0 Å². The first kappa shape index (κ1) is 7.92. The summed E-state index contributed by atoms with van der Waals surface area (Å²) in [5.41, 5.74) is 0. The molecule has 0 saturated heterocycles. The van der Waals surface area contributed by atoms with Crippen LogP contribution >= 0.6 is 0 Å². The predicted molar refractivity (Wildman–Crippen MR) is 37.1 cm³/mol. The summed E-state index contributed by atoms with van der Waals surface area (Å²) in [6.45, 7) is 3.25. The number of rotatable bonds is 3. The van der Waals surface area contributed by atoms with Crippen LogP contribution < -0.4 is 5.32 Å². The fourth-order valence-electron chi connectivity index (χ4n) is 0.478. The summed E-state index contributed by atoms with van der Waals surface area (Å²) in [6.07, 6.45) is 0. The molecule has 1 atom stereocenters. The molecule has 0 saturated carbocycles. The van der Waals surface area contributed by atoms with Crippen LogP contribution in [0.5, 0.6) is 0 Å². The maximum absolute atomic E-state index is 3.11. The van der Waals surface area contributed by atoms with Gasteiger partial charge in [-0.1, -0.05) is 0 Å². The topological polar surface area (TPSA) is 15.3 Å². The zero-order valence-corrected chi connectivity index (χ0v) is 6.23. The minimum absolute atomic E-state index is 0.639. The second-order valence-electron chi connectivity index (χ2n) is 2.37. The normalized spacial score (nSPS) is 14.6. The van der Waals surface area contributed by atoms with Crippen molar-refractivity contribution < 1.29 is 0 Å². The Labute approximate surface area is 51.9 Å². The molecule has 0 aromatic heterocycles. The van der Waals surface area contributed by atoms with E-state index in [2.05, 4.69) is 31.2 Å². The highest BCUT2D eigenvalue weighted by atomic mass is 15.1. The third-order valence-electron chi connectivity index (χ3n) is 1.38. The minimum Gasteiger partial charge on any atom is -0.318 e. The Balaban J connectivity index is 3.17. The van der Waals surface area contributed by atoms with E-state index >= 15 is 0 Å². The van der Waals surface area contributed by atoms with Gasteiger partial charge in [-0.3, -0.25) is 0 Å². The summed E-state index contributed by atoms with van der Waals surface area (Å²) in [5.74, 6) is 0. The van der Waals surface area contributed by atoms with E-state index in [1.165, 1.54) is 0 Å². The van der Waals surface area contributed by atoms with Crippen LogP contribution in [-0.4, -0.2) is 38.6 Å². The molecule has 0 aromatic rings. The van der Waals surface area contributed by atoms with Crippen molar-refractivity contribution in [3.05, 3.63) is 0 Å². The molecule has 0 aliphatic heterocycles. The Morgan fingerprint density at radius 1 is 1.50 bits per heavy atom. The van der Waals surface area contributed by atoms with Gasteiger partial charge in [0, 0.05) is 12.6 Å². The van der Waals surface area contributed by atoms with Crippen LogP contribution in [0.1, 0.15) is 6.92 Å². The average molecular weight is 116 g/mol. The molecule has 0 fully saturated rings. The highest BCUT2D eigenvalue weighted by Crippen LogP contribution is 1.86. The molecule has 0 rings (SSSR count). The molecular weight excluding hydrogens is 100 g/mol. The van der Waals surface area contributed by atoms with Gasteiger partial charge in [-0.2, -0.15) is 0 Å². The predicted octanol–water partition coefficient (Wildman–Crippen LogP) is 0.156. The van der Waals surface area contributed by atoms with Gasteiger partial charge < -0.3 is 10.2 Å². The van der Waals surface area contributed by atoms with E-state index in [4.69, 9.17) is 0 Å². The Bertz CT molecular complexity index is 52.5. The van der Waals surface area contributed by atoms with Crippen LogP contribution in [0.15, 0.2) is 0 Å². The molecule has 2 nitrogen and oxygen atoms in total. The van der Waals surface area contributed by atoms with Crippen LogP contribution in [0.2, 0.25) is 0 Å². The van der Waals surface area contributed by atoms with Crippen molar-refractivity contribution in [2.24, 2.45) is 0 Å². The molecule has 0 aliphatic carbocycles. The number of nitrogens with one attached hydrogen (secondary N) is 1. The first-order chi connectivity index (χ1) is 3.68. The number of likely N-dealkylation sites (N-methyl/N-ethyl adjacent to an activating group) is 2. The lowest BCUT2D eigenvalue weighted by Crippen LogP contribution is -2.33. The van der Waals surface area contributed by atoms with Crippen molar-refractivity contribution in [3.63, 3.8) is 0 Å². The molecule has 0 amide bonds. The van der Waals surface area contributed by atoms with Crippen molar-refractivity contribution in [3.8, 4) is 0 Å². The summed E-state index contributed by atoms with van der Waals surface area (Å²) in [6, 6.07) is 0.639. The van der Waals surface area contributed by atoms with E-state index in [-0.39, 0.29) is 0 Å². The van der Waals surface area contributed by atoms with Crippen molar-refractivity contribution in [1.29, 1.82) is 0 Å². The third-order valence-corrected chi connectivity index (χ3v) is 1.38. The Morgan fingerprint density at radius 3 is 2.12 bits per heavy atom. The molecular formula is C6H16N2. The van der Waals surface area contributed by atoms with Gasteiger partial charge in [-0.15, -0.1) is 0 Å². The third kappa shape index (κ3) is 2.99. The maximum atomic E-state index is 3.11. The smallest absolute Gasteiger partial charge is 0.0186 e. The van der Waals surface area contributed by atoms with Gasteiger partial charge in [-0.25, -0.2) is 0 Å². The first-order valence-electron chi connectivity index (χ1n) is 2.99. The van der Waals surface area contributed by atoms with Gasteiger partial charge in [0.15, 0.2) is 0 Å². The molecule has 50 valence electrons. The van der Waals surface area contributed by atoms with Crippen LogP contribution in [0.3, 0.4) is 0 Å². The molecule has 0 radical (unpaired) electrons. The second kappa shape index (κ2) is 3.87. The molecule has 0 spiro atoms. The van der Waals surface area contributed by atoms with E-state index in [1.54, 1.807) is 0 Å². The number of hydrogen-bond donors (Lipinski definition) is 1. The second-order valence-corrected chi connectivity index (χ2v) is 2.37. The van der Waals surface area contributed by atoms with Crippen molar-refractivity contribution in [2.75, 3.05) is 27.7 Å².